The first-order valence-corrected chi connectivity index (χ1v) is 18.7. The number of esters is 1. The van der Waals surface area contributed by atoms with Crippen molar-refractivity contribution in [2.24, 2.45) is 0 Å². The maximum Gasteiger partial charge on any atom is 0.415 e. The number of nitrogens with zero attached hydrogens (tertiary/aromatic N) is 4. The van der Waals surface area contributed by atoms with E-state index in [1.54, 1.807) is 77.5 Å². The zero-order chi connectivity index (χ0) is 36.8. The second-order valence-electron chi connectivity index (χ2n) is 12.3. The largest absolute Gasteiger partial charge is 0.494 e. The molecule has 15 heteroatoms. The van der Waals surface area contributed by atoms with Gasteiger partial charge < -0.3 is 28.5 Å². The third-order valence-corrected chi connectivity index (χ3v) is 10.7. The molecule has 2 atom stereocenters. The SMILES string of the molecule is CCOC(=O)[C@H](C)OP(=O)(CCN1CCN(C(=O)Oc2c3c(c(OC)c4ncccc24)C(=O)N(Cc2ccc(F)cc2)C3)CC1)Oc1ccccc1. The molecule has 2 aliphatic heterocycles. The molecule has 1 saturated heterocycles. The number of fused-ring (bicyclic) bond motifs is 2. The van der Waals surface area contributed by atoms with Gasteiger partial charge in [-0.05, 0) is 55.8 Å². The van der Waals surface area contributed by atoms with Crippen LogP contribution in [0.15, 0.2) is 72.9 Å². The summed E-state index contributed by atoms with van der Waals surface area (Å²) in [6.45, 7) is 5.50. The van der Waals surface area contributed by atoms with Crippen molar-refractivity contribution in [3.63, 3.8) is 0 Å². The number of hydrogen-bond acceptors (Lipinski definition) is 11. The van der Waals surface area contributed by atoms with E-state index in [-0.39, 0.29) is 48.9 Å². The van der Waals surface area contributed by atoms with Crippen LogP contribution in [0.5, 0.6) is 17.2 Å². The summed E-state index contributed by atoms with van der Waals surface area (Å²) in [6.07, 6.45) is -0.122. The molecule has 0 N–H and O–H groups in total. The normalized spacial score (nSPS) is 16.3. The first-order valence-electron chi connectivity index (χ1n) is 17.0. The predicted molar refractivity (Wildman–Crippen MR) is 189 cm³/mol. The molecule has 4 aromatic rings. The molecule has 6 rings (SSSR count). The molecule has 0 aliphatic carbocycles. The Kier molecular flexibility index (Phi) is 11.4. The molecule has 0 bridgehead atoms. The van der Waals surface area contributed by atoms with Gasteiger partial charge in [0.2, 0.25) is 0 Å². The summed E-state index contributed by atoms with van der Waals surface area (Å²) < 4.78 is 55.8. The summed E-state index contributed by atoms with van der Waals surface area (Å²) in [6, 6.07) is 18.0. The highest BCUT2D eigenvalue weighted by Gasteiger charge is 2.38. The number of rotatable bonds is 13. The number of halogens is 1. The minimum absolute atomic E-state index is 0.00445. The number of methoxy groups -OCH3 is 1. The fourth-order valence-electron chi connectivity index (χ4n) is 6.23. The van der Waals surface area contributed by atoms with Crippen molar-refractivity contribution in [2.75, 3.05) is 52.6 Å². The van der Waals surface area contributed by atoms with Gasteiger partial charge in [0, 0.05) is 56.4 Å². The molecule has 2 amide bonds. The van der Waals surface area contributed by atoms with Gasteiger partial charge in [-0.15, -0.1) is 0 Å². The monoisotopic (exact) mass is 734 g/mol. The maximum absolute atomic E-state index is 13.9. The smallest absolute Gasteiger partial charge is 0.415 e. The van der Waals surface area contributed by atoms with Crippen LogP contribution >= 0.6 is 7.60 Å². The lowest BCUT2D eigenvalue weighted by molar-refractivity contribution is -0.150. The summed E-state index contributed by atoms with van der Waals surface area (Å²) in [5.41, 5.74) is 1.89. The van der Waals surface area contributed by atoms with Gasteiger partial charge in [0.05, 0.1) is 32.0 Å². The van der Waals surface area contributed by atoms with Crippen molar-refractivity contribution in [3.8, 4) is 17.2 Å². The number of carbonyl (C=O) groups excluding carboxylic acids is 3. The Morgan fingerprint density at radius 1 is 0.981 bits per heavy atom. The summed E-state index contributed by atoms with van der Waals surface area (Å²) in [7, 11) is -2.34. The van der Waals surface area contributed by atoms with Gasteiger partial charge in [-0.2, -0.15) is 0 Å². The van der Waals surface area contributed by atoms with Crippen molar-refractivity contribution in [1.82, 2.24) is 19.7 Å². The Hall–Kier alpha value is -5.04. The molecule has 0 radical (unpaired) electrons. The van der Waals surface area contributed by atoms with E-state index in [0.717, 1.165) is 5.56 Å². The van der Waals surface area contributed by atoms with Gasteiger partial charge in [0.15, 0.2) is 11.9 Å². The van der Waals surface area contributed by atoms with Crippen molar-refractivity contribution in [2.45, 2.75) is 33.0 Å². The van der Waals surface area contributed by atoms with Crippen LogP contribution in [0.3, 0.4) is 0 Å². The zero-order valence-electron chi connectivity index (χ0n) is 29.2. The van der Waals surface area contributed by atoms with Gasteiger partial charge in [-0.25, -0.2) is 18.5 Å². The number of aromatic nitrogens is 1. The van der Waals surface area contributed by atoms with Crippen LogP contribution in [0.25, 0.3) is 10.9 Å². The van der Waals surface area contributed by atoms with Crippen LogP contribution in [-0.4, -0.2) is 96.4 Å². The molecule has 1 aromatic heterocycles. The van der Waals surface area contributed by atoms with E-state index < -0.39 is 25.8 Å². The molecule has 52 heavy (non-hydrogen) atoms. The fourth-order valence-corrected chi connectivity index (χ4v) is 8.01. The lowest BCUT2D eigenvalue weighted by Gasteiger charge is -2.34. The first kappa shape index (κ1) is 36.7. The minimum Gasteiger partial charge on any atom is -0.494 e. The number of amides is 2. The third kappa shape index (κ3) is 8.20. The van der Waals surface area contributed by atoms with Crippen LogP contribution in [-0.2, 0) is 31.7 Å². The van der Waals surface area contributed by atoms with Gasteiger partial charge in [0.25, 0.3) is 5.91 Å². The molecular weight excluding hydrogens is 694 g/mol. The highest BCUT2D eigenvalue weighted by molar-refractivity contribution is 7.54. The molecule has 2 aliphatic rings. The van der Waals surface area contributed by atoms with Crippen LogP contribution in [0.2, 0.25) is 0 Å². The number of ether oxygens (including phenoxy) is 3. The number of piperazine rings is 1. The molecule has 274 valence electrons. The topological polar surface area (TPSA) is 137 Å². The van der Waals surface area contributed by atoms with Crippen LogP contribution < -0.4 is 14.0 Å². The summed E-state index contributed by atoms with van der Waals surface area (Å²) >= 11 is 0. The average molecular weight is 735 g/mol. The number of carbonyl (C=O) groups is 3. The van der Waals surface area contributed by atoms with E-state index in [2.05, 4.69) is 4.98 Å². The Labute approximate surface area is 300 Å². The standard InChI is InChI=1S/C37H40FN4O9P/c1-4-48-36(44)25(2)50-52(46,51-28-9-6-5-7-10-28)22-21-40-17-19-41(20-18-40)37(45)49-33-29-11-8-16-39-32(29)34(47-3)31-30(33)24-42(35(31)43)23-26-12-14-27(38)15-13-26/h5-16,25H,4,17-24H2,1-3H3/t25-,52?/m0/s1. The second kappa shape index (κ2) is 16.1. The van der Waals surface area contributed by atoms with Crippen molar-refractivity contribution in [1.29, 1.82) is 0 Å². The summed E-state index contributed by atoms with van der Waals surface area (Å²) in [4.78, 5) is 49.4. The fraction of sp³-hybridized carbons (Fsp3) is 0.351. The van der Waals surface area contributed by atoms with E-state index >= 15 is 0 Å². The quantitative estimate of drug-likeness (QED) is 0.120. The van der Waals surface area contributed by atoms with E-state index in [4.69, 9.17) is 23.3 Å². The molecule has 13 nitrogen and oxygen atoms in total. The van der Waals surface area contributed by atoms with E-state index in [1.807, 2.05) is 4.90 Å². The van der Waals surface area contributed by atoms with E-state index in [9.17, 15) is 23.3 Å². The summed E-state index contributed by atoms with van der Waals surface area (Å²) in [5.74, 6) is -0.456. The molecule has 3 aromatic carbocycles. The van der Waals surface area contributed by atoms with Gasteiger partial charge in [-0.1, -0.05) is 30.3 Å². The van der Waals surface area contributed by atoms with Gasteiger partial charge in [0.1, 0.15) is 22.8 Å². The van der Waals surface area contributed by atoms with Gasteiger partial charge >= 0.3 is 19.7 Å². The number of benzene rings is 3. The molecule has 1 unspecified atom stereocenters. The van der Waals surface area contributed by atoms with Crippen LogP contribution in [0.4, 0.5) is 9.18 Å². The number of para-hydroxylation sites is 1. The Balaban J connectivity index is 1.14. The van der Waals surface area contributed by atoms with Crippen LogP contribution in [0.1, 0.15) is 35.3 Å². The Morgan fingerprint density at radius 3 is 2.40 bits per heavy atom. The highest BCUT2D eigenvalue weighted by atomic mass is 31.2. The highest BCUT2D eigenvalue weighted by Crippen LogP contribution is 2.49. The molecule has 1 fully saturated rings. The second-order valence-corrected chi connectivity index (χ2v) is 14.4. The van der Waals surface area contributed by atoms with E-state index in [0.29, 0.717) is 60.7 Å². The van der Waals surface area contributed by atoms with Crippen molar-refractivity contribution >= 4 is 36.5 Å². The number of hydrogen-bond donors (Lipinski definition) is 0. The predicted octanol–water partition coefficient (Wildman–Crippen LogP) is 5.90. The molecule has 0 saturated carbocycles. The molecule has 3 heterocycles. The van der Waals surface area contributed by atoms with E-state index in [1.165, 1.54) is 26.2 Å². The molecular formula is C37H40FN4O9P. The Morgan fingerprint density at radius 2 is 1.71 bits per heavy atom. The molecule has 0 spiro atoms. The minimum atomic E-state index is -3.81. The Bertz CT molecular complexity index is 1970. The summed E-state index contributed by atoms with van der Waals surface area (Å²) in [5, 5.41) is 0.521. The first-order chi connectivity index (χ1) is 25.1. The van der Waals surface area contributed by atoms with Crippen molar-refractivity contribution in [3.05, 3.63) is 95.4 Å². The number of pyridine rings is 1. The maximum atomic E-state index is 13.9. The van der Waals surface area contributed by atoms with Crippen LogP contribution in [0, 0.1) is 5.82 Å². The lowest BCUT2D eigenvalue weighted by Crippen LogP contribution is -2.50. The average Bonchev–Trinajstić information content (AvgIpc) is 3.47. The lowest BCUT2D eigenvalue weighted by atomic mass is 10.0. The van der Waals surface area contributed by atoms with Crippen molar-refractivity contribution < 1.29 is 46.6 Å². The van der Waals surface area contributed by atoms with Gasteiger partial charge in [-0.3, -0.25) is 19.2 Å². The third-order valence-electron chi connectivity index (χ3n) is 8.85. The zero-order valence-corrected chi connectivity index (χ0v) is 30.1.